The molecule has 4 nitrogen and oxygen atoms in total. The van der Waals surface area contributed by atoms with Gasteiger partial charge in [0.15, 0.2) is 0 Å². The van der Waals surface area contributed by atoms with Gasteiger partial charge >= 0.3 is 0 Å². The molecular formula is C13H21N3O. The molecule has 0 spiro atoms. The zero-order valence-corrected chi connectivity index (χ0v) is 10.6. The number of hydrogen-bond donors (Lipinski definition) is 1. The van der Waals surface area contributed by atoms with E-state index in [1.807, 2.05) is 13.2 Å². The number of ether oxygens (including phenoxy) is 1. The Morgan fingerprint density at radius 2 is 2.41 bits per heavy atom. The van der Waals surface area contributed by atoms with Crippen LogP contribution in [0.4, 0.5) is 5.82 Å². The molecule has 17 heavy (non-hydrogen) atoms. The maximum absolute atomic E-state index is 5.66. The Morgan fingerprint density at radius 1 is 1.53 bits per heavy atom. The fraction of sp³-hybridized carbons (Fsp3) is 0.615. The monoisotopic (exact) mass is 235 g/mol. The molecule has 0 radical (unpaired) electrons. The Bertz CT molecular complexity index is 339. The Hall–Kier alpha value is -1.13. The van der Waals surface area contributed by atoms with E-state index in [1.165, 1.54) is 5.56 Å². The molecule has 1 fully saturated rings. The topological polar surface area (TPSA) is 37.4 Å². The van der Waals surface area contributed by atoms with E-state index in [4.69, 9.17) is 4.74 Å². The van der Waals surface area contributed by atoms with Crippen molar-refractivity contribution in [3.63, 3.8) is 0 Å². The quantitative estimate of drug-likeness (QED) is 0.856. The molecule has 1 atom stereocenters. The van der Waals surface area contributed by atoms with Crippen LogP contribution in [-0.2, 0) is 11.3 Å². The van der Waals surface area contributed by atoms with Gasteiger partial charge in [-0.25, -0.2) is 4.98 Å². The molecule has 1 unspecified atom stereocenters. The summed E-state index contributed by atoms with van der Waals surface area (Å²) in [6, 6.07) is 4.24. The first-order valence-electron chi connectivity index (χ1n) is 6.29. The van der Waals surface area contributed by atoms with Crippen LogP contribution >= 0.6 is 0 Å². The largest absolute Gasteiger partial charge is 0.375 e. The van der Waals surface area contributed by atoms with Crippen LogP contribution < -0.4 is 10.2 Å². The van der Waals surface area contributed by atoms with Crippen LogP contribution in [0, 0.1) is 0 Å². The molecule has 1 aromatic heterocycles. The van der Waals surface area contributed by atoms with Crippen LogP contribution in [0.25, 0.3) is 0 Å². The Kier molecular flexibility index (Phi) is 4.34. The number of nitrogens with zero attached hydrogens (tertiary/aromatic N) is 2. The summed E-state index contributed by atoms with van der Waals surface area (Å²) in [7, 11) is 1.95. The van der Waals surface area contributed by atoms with Gasteiger partial charge in [-0.3, -0.25) is 0 Å². The molecule has 0 aromatic carbocycles. The summed E-state index contributed by atoms with van der Waals surface area (Å²) >= 11 is 0. The van der Waals surface area contributed by atoms with Crippen molar-refractivity contribution in [1.82, 2.24) is 10.3 Å². The minimum atomic E-state index is 0.350. The summed E-state index contributed by atoms with van der Waals surface area (Å²) in [6.07, 6.45) is 3.36. The van der Waals surface area contributed by atoms with Gasteiger partial charge in [0.2, 0.25) is 0 Å². The highest BCUT2D eigenvalue weighted by Crippen LogP contribution is 2.16. The van der Waals surface area contributed by atoms with E-state index in [9.17, 15) is 0 Å². The summed E-state index contributed by atoms with van der Waals surface area (Å²) in [6.45, 7) is 5.73. The Labute approximate surface area is 103 Å². The molecule has 94 valence electrons. The second-order valence-corrected chi connectivity index (χ2v) is 4.40. The highest BCUT2D eigenvalue weighted by molar-refractivity contribution is 5.39. The maximum atomic E-state index is 5.66. The van der Waals surface area contributed by atoms with Crippen LogP contribution in [0.2, 0.25) is 0 Å². The van der Waals surface area contributed by atoms with Crippen molar-refractivity contribution in [2.75, 3.05) is 31.6 Å². The lowest BCUT2D eigenvalue weighted by molar-refractivity contribution is 0.0381. The molecular weight excluding hydrogens is 214 g/mol. The van der Waals surface area contributed by atoms with Crippen molar-refractivity contribution >= 4 is 5.82 Å². The third kappa shape index (κ3) is 3.17. The van der Waals surface area contributed by atoms with Crippen molar-refractivity contribution < 1.29 is 4.74 Å². The van der Waals surface area contributed by atoms with Gasteiger partial charge in [-0.15, -0.1) is 0 Å². The van der Waals surface area contributed by atoms with Gasteiger partial charge in [0.25, 0.3) is 0 Å². The lowest BCUT2D eigenvalue weighted by atomic mass is 10.2. The van der Waals surface area contributed by atoms with Crippen LogP contribution in [0.1, 0.15) is 18.9 Å². The van der Waals surface area contributed by atoms with Crippen molar-refractivity contribution in [3.05, 3.63) is 23.9 Å². The second kappa shape index (κ2) is 5.98. The fourth-order valence-corrected chi connectivity index (χ4v) is 2.09. The molecule has 1 aliphatic rings. The van der Waals surface area contributed by atoms with Crippen molar-refractivity contribution in [2.45, 2.75) is 26.0 Å². The first-order chi connectivity index (χ1) is 8.33. The Balaban J connectivity index is 2.01. The third-order valence-electron chi connectivity index (χ3n) is 3.11. The van der Waals surface area contributed by atoms with Crippen LogP contribution in [0.5, 0.6) is 0 Å². The highest BCUT2D eigenvalue weighted by Gasteiger charge is 2.19. The van der Waals surface area contributed by atoms with Gasteiger partial charge in [0.1, 0.15) is 5.82 Å². The summed E-state index contributed by atoms with van der Waals surface area (Å²) < 4.78 is 5.66. The van der Waals surface area contributed by atoms with Crippen LogP contribution in [0.3, 0.4) is 0 Å². The van der Waals surface area contributed by atoms with Gasteiger partial charge < -0.3 is 15.0 Å². The van der Waals surface area contributed by atoms with Gasteiger partial charge in [-0.2, -0.15) is 0 Å². The summed E-state index contributed by atoms with van der Waals surface area (Å²) in [4.78, 5) is 6.83. The molecule has 1 N–H and O–H groups in total. The van der Waals surface area contributed by atoms with E-state index in [1.54, 1.807) is 0 Å². The molecule has 0 bridgehead atoms. The van der Waals surface area contributed by atoms with E-state index in [2.05, 4.69) is 34.3 Å². The summed E-state index contributed by atoms with van der Waals surface area (Å²) in [5, 5.41) is 3.13. The predicted molar refractivity (Wildman–Crippen MR) is 69.2 cm³/mol. The maximum Gasteiger partial charge on any atom is 0.128 e. The smallest absolute Gasteiger partial charge is 0.128 e. The zero-order valence-electron chi connectivity index (χ0n) is 10.6. The fourth-order valence-electron chi connectivity index (χ4n) is 2.09. The molecule has 1 aromatic rings. The number of aromatic nitrogens is 1. The van der Waals surface area contributed by atoms with E-state index in [0.717, 1.165) is 38.5 Å². The number of nitrogens with one attached hydrogen (secondary N) is 1. The molecule has 1 saturated heterocycles. The number of morpholine rings is 1. The number of rotatable bonds is 4. The molecule has 2 heterocycles. The summed E-state index contributed by atoms with van der Waals surface area (Å²) in [5.74, 6) is 1.06. The average Bonchev–Trinajstić information content (AvgIpc) is 2.40. The number of hydrogen-bond acceptors (Lipinski definition) is 4. The van der Waals surface area contributed by atoms with Crippen LogP contribution in [-0.4, -0.2) is 37.8 Å². The van der Waals surface area contributed by atoms with Crippen molar-refractivity contribution in [1.29, 1.82) is 0 Å². The third-order valence-corrected chi connectivity index (χ3v) is 3.11. The normalized spacial score (nSPS) is 20.6. The van der Waals surface area contributed by atoms with Crippen LogP contribution in [0.15, 0.2) is 18.3 Å². The van der Waals surface area contributed by atoms with Gasteiger partial charge in [0.05, 0.1) is 12.7 Å². The minimum Gasteiger partial charge on any atom is -0.375 e. The SMILES string of the molecule is CCC1CN(c2ccc(CNC)cn2)CCO1. The lowest BCUT2D eigenvalue weighted by Crippen LogP contribution is -2.42. The van der Waals surface area contributed by atoms with E-state index < -0.39 is 0 Å². The lowest BCUT2D eigenvalue weighted by Gasteiger charge is -2.33. The first kappa shape index (κ1) is 12.3. The minimum absolute atomic E-state index is 0.350. The number of pyridine rings is 1. The van der Waals surface area contributed by atoms with Crippen molar-refractivity contribution in [3.8, 4) is 0 Å². The number of anilines is 1. The van der Waals surface area contributed by atoms with Gasteiger partial charge in [-0.1, -0.05) is 13.0 Å². The summed E-state index contributed by atoms with van der Waals surface area (Å²) in [5.41, 5.74) is 1.22. The predicted octanol–water partition coefficient (Wildman–Crippen LogP) is 1.42. The van der Waals surface area contributed by atoms with E-state index >= 15 is 0 Å². The molecule has 0 saturated carbocycles. The standard InChI is InChI=1S/C13H21N3O/c1-3-12-10-16(6-7-17-12)13-5-4-11(8-14-2)9-15-13/h4-5,9,12,14H,3,6-8,10H2,1-2H3. The average molecular weight is 235 g/mol. The zero-order chi connectivity index (χ0) is 12.1. The van der Waals surface area contributed by atoms with E-state index in [0.29, 0.717) is 6.10 Å². The molecule has 4 heteroatoms. The van der Waals surface area contributed by atoms with Gasteiger partial charge in [-0.05, 0) is 25.1 Å². The molecule has 0 aliphatic carbocycles. The molecule has 2 rings (SSSR count). The van der Waals surface area contributed by atoms with Crippen molar-refractivity contribution in [2.24, 2.45) is 0 Å². The van der Waals surface area contributed by atoms with Gasteiger partial charge in [0, 0.05) is 25.8 Å². The second-order valence-electron chi connectivity index (χ2n) is 4.40. The first-order valence-corrected chi connectivity index (χ1v) is 6.29. The highest BCUT2D eigenvalue weighted by atomic mass is 16.5. The van der Waals surface area contributed by atoms with E-state index in [-0.39, 0.29) is 0 Å². The molecule has 0 amide bonds. The molecule has 1 aliphatic heterocycles. The Morgan fingerprint density at radius 3 is 3.06 bits per heavy atom.